The summed E-state index contributed by atoms with van der Waals surface area (Å²) in [5.74, 6) is 0. The van der Waals surface area contributed by atoms with E-state index in [0.29, 0.717) is 0 Å². The van der Waals surface area contributed by atoms with Crippen LogP contribution in [-0.2, 0) is 0 Å². The Morgan fingerprint density at radius 3 is 1.43 bits per heavy atom. The number of nitrogens with zero attached hydrogens (tertiary/aromatic N) is 2. The monoisotopic (exact) mass is 792 g/mol. The fourth-order valence-electron chi connectivity index (χ4n) is 9.06. The normalized spacial score (nSPS) is 11.6. The Morgan fingerprint density at radius 2 is 0.770 bits per heavy atom. The van der Waals surface area contributed by atoms with Crippen molar-refractivity contribution in [1.29, 1.82) is 0 Å². The summed E-state index contributed by atoms with van der Waals surface area (Å²) in [6.07, 6.45) is 1.92. The zero-order valence-corrected chi connectivity index (χ0v) is 33.9. The highest BCUT2D eigenvalue weighted by atomic mass is 32.1. The zero-order valence-electron chi connectivity index (χ0n) is 33.1. The summed E-state index contributed by atoms with van der Waals surface area (Å²) in [5.41, 5.74) is 15.8. The fourth-order valence-corrected chi connectivity index (χ4v) is 10.3. The predicted molar refractivity (Wildman–Crippen MR) is 260 cm³/mol. The molecule has 0 spiro atoms. The maximum absolute atomic E-state index is 5.28. The van der Waals surface area contributed by atoms with E-state index in [-0.39, 0.29) is 0 Å². The van der Waals surface area contributed by atoms with Crippen molar-refractivity contribution in [2.45, 2.75) is 0 Å². The lowest BCUT2D eigenvalue weighted by Crippen LogP contribution is -1.92. The molecule has 0 saturated carbocycles. The van der Waals surface area contributed by atoms with Gasteiger partial charge < -0.3 is 0 Å². The Hall–Kier alpha value is -7.72. The lowest BCUT2D eigenvalue weighted by Gasteiger charge is -2.12. The Morgan fingerprint density at radius 1 is 0.295 bits per heavy atom. The van der Waals surface area contributed by atoms with Gasteiger partial charge in [0.25, 0.3) is 0 Å². The molecule has 61 heavy (non-hydrogen) atoms. The Bertz CT molecular complexity index is 3610. The molecule has 0 unspecified atom stereocenters. The van der Waals surface area contributed by atoms with Crippen LogP contribution in [0.15, 0.2) is 219 Å². The summed E-state index contributed by atoms with van der Waals surface area (Å²) >= 11 is 1.88. The van der Waals surface area contributed by atoms with Gasteiger partial charge in [-0.05, 0) is 103 Å². The molecule has 0 radical (unpaired) electrons. The van der Waals surface area contributed by atoms with Crippen molar-refractivity contribution in [3.8, 4) is 66.9 Å². The van der Waals surface area contributed by atoms with Crippen molar-refractivity contribution in [3.05, 3.63) is 219 Å². The lowest BCUT2D eigenvalue weighted by atomic mass is 9.93. The van der Waals surface area contributed by atoms with Crippen molar-refractivity contribution < 1.29 is 0 Å². The van der Waals surface area contributed by atoms with Gasteiger partial charge >= 0.3 is 0 Å². The second-order valence-electron chi connectivity index (χ2n) is 15.7. The number of rotatable bonds is 6. The molecule has 2 heterocycles. The van der Waals surface area contributed by atoms with Crippen LogP contribution in [0.2, 0.25) is 0 Å². The smallest absolute Gasteiger partial charge is 0.0979 e. The summed E-state index contributed by atoms with van der Waals surface area (Å²) in [5, 5.41) is 7.23. The number of benzene rings is 10. The van der Waals surface area contributed by atoms with E-state index in [4.69, 9.17) is 9.97 Å². The fraction of sp³-hybridized carbons (Fsp3) is 0. The molecule has 0 N–H and O–H groups in total. The molecule has 2 nitrogen and oxygen atoms in total. The van der Waals surface area contributed by atoms with E-state index in [1.807, 2.05) is 17.5 Å². The summed E-state index contributed by atoms with van der Waals surface area (Å²) in [6, 6.07) is 76.8. The lowest BCUT2D eigenvalue weighted by molar-refractivity contribution is 1.31. The quantitative estimate of drug-likeness (QED) is 0.157. The van der Waals surface area contributed by atoms with Gasteiger partial charge in [-0.15, -0.1) is 11.3 Å². The van der Waals surface area contributed by atoms with E-state index in [2.05, 4.69) is 212 Å². The van der Waals surface area contributed by atoms with Crippen LogP contribution in [0.25, 0.3) is 120 Å². The Kier molecular flexibility index (Phi) is 8.39. The first-order valence-electron chi connectivity index (χ1n) is 20.7. The summed E-state index contributed by atoms with van der Waals surface area (Å²) < 4.78 is 2.60. The molecule has 0 amide bonds. The molecule has 0 fully saturated rings. The summed E-state index contributed by atoms with van der Waals surface area (Å²) in [6.45, 7) is 0. The molecular weight excluding hydrogens is 757 g/mol. The largest absolute Gasteiger partial charge is 0.252 e. The number of hydrogen-bond acceptors (Lipinski definition) is 3. The van der Waals surface area contributed by atoms with Gasteiger partial charge in [0.2, 0.25) is 0 Å². The first-order chi connectivity index (χ1) is 30.2. The Balaban J connectivity index is 0.939. The molecule has 10 aromatic carbocycles. The summed E-state index contributed by atoms with van der Waals surface area (Å²) in [4.78, 5) is 10.3. The van der Waals surface area contributed by atoms with Crippen LogP contribution < -0.4 is 0 Å². The molecule has 2 aromatic heterocycles. The van der Waals surface area contributed by atoms with E-state index in [1.54, 1.807) is 0 Å². The molecule has 0 aliphatic heterocycles. The van der Waals surface area contributed by atoms with Crippen LogP contribution in [0.1, 0.15) is 0 Å². The first-order valence-corrected chi connectivity index (χ1v) is 21.5. The second-order valence-corrected chi connectivity index (χ2v) is 16.8. The van der Waals surface area contributed by atoms with Crippen molar-refractivity contribution in [2.75, 3.05) is 0 Å². The van der Waals surface area contributed by atoms with E-state index in [0.717, 1.165) is 44.2 Å². The third-order valence-electron chi connectivity index (χ3n) is 12.1. The predicted octanol–water partition coefficient (Wildman–Crippen LogP) is 16.3. The molecule has 12 aromatic rings. The molecule has 284 valence electrons. The first kappa shape index (κ1) is 35.2. The van der Waals surface area contributed by atoms with Crippen molar-refractivity contribution in [2.24, 2.45) is 0 Å². The molecule has 12 rings (SSSR count). The zero-order chi connectivity index (χ0) is 40.3. The highest BCUT2D eigenvalue weighted by molar-refractivity contribution is 7.26. The molecule has 0 bridgehead atoms. The van der Waals surface area contributed by atoms with Crippen LogP contribution in [0.4, 0.5) is 0 Å². The number of fused-ring (bicyclic) bond motifs is 9. The standard InChI is InChI=1S/C58H36N2S/c1-3-14-37(15-4-1)43-28-29-55-52(33-43)53-35-46(38-16-5-2-6-17-38)34-51(58(53)61-55)44-22-12-20-41(31-44)39-18-11-19-40(30-39)42-21-13-23-45(32-42)54-36-59-56-49-26-9-7-24-47(49)48-25-8-10-27-50(48)57(56)60-54/h1-36H. The third-order valence-corrected chi connectivity index (χ3v) is 13.3. The third kappa shape index (κ3) is 6.18. The van der Waals surface area contributed by atoms with Gasteiger partial charge in [0.05, 0.1) is 22.9 Å². The number of aromatic nitrogens is 2. The SMILES string of the molecule is c1ccc(-c2ccc3sc4c(-c5cccc(-c6cccc(-c7cccc(-c8cnc9c%10ccccc%10c%10ccccc%10c9n8)c7)c6)c5)cc(-c5ccccc5)cc4c3c2)cc1. The minimum atomic E-state index is 0.861. The van der Waals surface area contributed by atoms with Crippen molar-refractivity contribution in [3.63, 3.8) is 0 Å². The van der Waals surface area contributed by atoms with Gasteiger partial charge in [0.1, 0.15) is 0 Å². The van der Waals surface area contributed by atoms with Crippen LogP contribution in [0.3, 0.4) is 0 Å². The van der Waals surface area contributed by atoms with Crippen LogP contribution >= 0.6 is 11.3 Å². The van der Waals surface area contributed by atoms with E-state index in [9.17, 15) is 0 Å². The maximum Gasteiger partial charge on any atom is 0.0979 e. The van der Waals surface area contributed by atoms with Gasteiger partial charge in [-0.1, -0.05) is 170 Å². The molecule has 3 heteroatoms. The molecule has 0 aliphatic carbocycles. The van der Waals surface area contributed by atoms with E-state index in [1.165, 1.54) is 75.5 Å². The minimum Gasteiger partial charge on any atom is -0.252 e. The highest BCUT2D eigenvalue weighted by Gasteiger charge is 2.17. The van der Waals surface area contributed by atoms with Crippen LogP contribution in [0, 0.1) is 0 Å². The molecule has 0 saturated heterocycles. The van der Waals surface area contributed by atoms with E-state index < -0.39 is 0 Å². The van der Waals surface area contributed by atoms with Crippen LogP contribution in [-0.4, -0.2) is 9.97 Å². The van der Waals surface area contributed by atoms with Crippen molar-refractivity contribution >= 4 is 64.1 Å². The number of thiophene rings is 1. The maximum atomic E-state index is 5.28. The average molecular weight is 793 g/mol. The second kappa shape index (κ2) is 14.5. The topological polar surface area (TPSA) is 25.8 Å². The van der Waals surface area contributed by atoms with Gasteiger partial charge in [0, 0.05) is 42.1 Å². The molecular formula is C58H36N2S. The van der Waals surface area contributed by atoms with Gasteiger partial charge in [0.15, 0.2) is 0 Å². The number of hydrogen-bond donors (Lipinski definition) is 0. The highest BCUT2D eigenvalue weighted by Crippen LogP contribution is 2.45. The van der Waals surface area contributed by atoms with Crippen molar-refractivity contribution in [1.82, 2.24) is 9.97 Å². The average Bonchev–Trinajstić information content (AvgIpc) is 3.72. The van der Waals surface area contributed by atoms with Gasteiger partial charge in [-0.25, -0.2) is 4.98 Å². The molecule has 0 atom stereocenters. The van der Waals surface area contributed by atoms with Gasteiger partial charge in [-0.3, -0.25) is 4.98 Å². The van der Waals surface area contributed by atoms with Gasteiger partial charge in [-0.2, -0.15) is 0 Å². The minimum absolute atomic E-state index is 0.861. The Labute approximate surface area is 357 Å². The van der Waals surface area contributed by atoms with E-state index >= 15 is 0 Å². The summed E-state index contributed by atoms with van der Waals surface area (Å²) in [7, 11) is 0. The van der Waals surface area contributed by atoms with Crippen LogP contribution in [0.5, 0.6) is 0 Å². The molecule has 0 aliphatic rings.